The summed E-state index contributed by atoms with van der Waals surface area (Å²) in [6.45, 7) is 2.66. The molecular formula is C23H24ClFN4O2. The third-order valence-electron chi connectivity index (χ3n) is 6.35. The molecule has 0 saturated carbocycles. The summed E-state index contributed by atoms with van der Waals surface area (Å²) in [5.41, 5.74) is 2.30. The van der Waals surface area contributed by atoms with Crippen LogP contribution in [0.4, 0.5) is 10.1 Å². The third kappa shape index (κ3) is 3.77. The van der Waals surface area contributed by atoms with Gasteiger partial charge in [0.25, 0.3) is 0 Å². The van der Waals surface area contributed by atoms with Crippen molar-refractivity contribution in [2.24, 2.45) is 0 Å². The van der Waals surface area contributed by atoms with Crippen LogP contribution >= 0.6 is 11.6 Å². The highest BCUT2D eigenvalue weighted by Crippen LogP contribution is 2.37. The van der Waals surface area contributed by atoms with Gasteiger partial charge in [-0.05, 0) is 50.4 Å². The fourth-order valence-electron chi connectivity index (χ4n) is 4.57. The number of aromatic hydroxyl groups is 1. The normalized spacial score (nSPS) is 19.1. The van der Waals surface area contributed by atoms with Crippen LogP contribution in [0.15, 0.2) is 30.3 Å². The van der Waals surface area contributed by atoms with Gasteiger partial charge < -0.3 is 19.6 Å². The molecule has 3 aromatic rings. The van der Waals surface area contributed by atoms with Crippen LogP contribution in [0.1, 0.15) is 24.1 Å². The number of fused-ring (bicyclic) bond motifs is 2. The van der Waals surface area contributed by atoms with Crippen molar-refractivity contribution in [3.8, 4) is 11.9 Å². The van der Waals surface area contributed by atoms with Crippen LogP contribution in [-0.4, -0.2) is 52.8 Å². The third-order valence-corrected chi connectivity index (χ3v) is 6.72. The second kappa shape index (κ2) is 8.13. The number of likely N-dealkylation sites (N-methyl/N-ethyl adjacent to an activating group) is 1. The van der Waals surface area contributed by atoms with Gasteiger partial charge in [-0.25, -0.2) is 4.39 Å². The Hall–Kier alpha value is -2.64. The van der Waals surface area contributed by atoms with Crippen LogP contribution in [0.25, 0.3) is 10.8 Å². The number of rotatable bonds is 4. The molecule has 1 fully saturated rings. The summed E-state index contributed by atoms with van der Waals surface area (Å²) in [7, 11) is 2.09. The number of nitrogens with zero attached hydrogens (tertiary/aromatic N) is 4. The quantitative estimate of drug-likeness (QED) is 0.654. The van der Waals surface area contributed by atoms with Gasteiger partial charge in [0, 0.05) is 29.2 Å². The predicted octanol–water partition coefficient (Wildman–Crippen LogP) is 4.16. The van der Waals surface area contributed by atoms with Crippen molar-refractivity contribution in [1.29, 1.82) is 0 Å². The molecule has 0 spiro atoms. The summed E-state index contributed by atoms with van der Waals surface area (Å²) in [5, 5.41) is 12.1. The van der Waals surface area contributed by atoms with Crippen molar-refractivity contribution in [2.45, 2.75) is 31.8 Å². The van der Waals surface area contributed by atoms with Crippen molar-refractivity contribution in [2.75, 3.05) is 31.6 Å². The Kier molecular flexibility index (Phi) is 5.32. The molecule has 0 amide bonds. The second-order valence-electron chi connectivity index (χ2n) is 8.25. The van der Waals surface area contributed by atoms with E-state index in [1.807, 2.05) is 18.2 Å². The number of aromatic nitrogens is 2. The zero-order valence-electron chi connectivity index (χ0n) is 17.3. The molecule has 0 radical (unpaired) electrons. The number of benzene rings is 2. The van der Waals surface area contributed by atoms with Crippen molar-refractivity contribution in [3.05, 3.63) is 52.4 Å². The lowest BCUT2D eigenvalue weighted by molar-refractivity contribution is 0.185. The monoisotopic (exact) mass is 442 g/mol. The number of hydrogen-bond donors (Lipinski definition) is 1. The van der Waals surface area contributed by atoms with Crippen LogP contribution in [-0.2, 0) is 13.0 Å². The van der Waals surface area contributed by atoms with E-state index in [4.69, 9.17) is 16.3 Å². The molecule has 0 bridgehead atoms. The molecule has 1 saturated heterocycles. The Labute approximate surface area is 185 Å². The van der Waals surface area contributed by atoms with Crippen LogP contribution in [0.3, 0.4) is 0 Å². The summed E-state index contributed by atoms with van der Waals surface area (Å²) >= 11 is 6.33. The van der Waals surface area contributed by atoms with E-state index >= 15 is 0 Å². The summed E-state index contributed by atoms with van der Waals surface area (Å²) in [5.74, 6) is -0.465. The highest BCUT2D eigenvalue weighted by atomic mass is 35.5. The van der Waals surface area contributed by atoms with E-state index in [0.717, 1.165) is 41.7 Å². The number of halogens is 2. The van der Waals surface area contributed by atoms with Crippen molar-refractivity contribution in [1.82, 2.24) is 14.9 Å². The van der Waals surface area contributed by atoms with Gasteiger partial charge >= 0.3 is 6.01 Å². The molecule has 5 rings (SSSR count). The van der Waals surface area contributed by atoms with E-state index in [1.54, 1.807) is 6.07 Å². The Balaban J connectivity index is 1.43. The number of anilines is 1. The minimum Gasteiger partial charge on any atom is -0.493 e. The van der Waals surface area contributed by atoms with E-state index in [-0.39, 0.29) is 16.9 Å². The molecular weight excluding hydrogens is 419 g/mol. The van der Waals surface area contributed by atoms with Gasteiger partial charge in [0.1, 0.15) is 12.4 Å². The van der Waals surface area contributed by atoms with E-state index in [2.05, 4.69) is 26.8 Å². The van der Waals surface area contributed by atoms with E-state index in [1.165, 1.54) is 6.07 Å². The molecule has 1 unspecified atom stereocenters. The van der Waals surface area contributed by atoms with Crippen molar-refractivity contribution in [3.63, 3.8) is 0 Å². The van der Waals surface area contributed by atoms with Gasteiger partial charge in [-0.2, -0.15) is 9.97 Å². The average Bonchev–Trinajstić information content (AvgIpc) is 3.19. The lowest BCUT2D eigenvalue weighted by Crippen LogP contribution is -2.32. The minimum atomic E-state index is -0.438. The lowest BCUT2D eigenvalue weighted by Gasteiger charge is -2.31. The van der Waals surface area contributed by atoms with Gasteiger partial charge in [-0.1, -0.05) is 29.8 Å². The maximum Gasteiger partial charge on any atom is 0.320 e. The largest absolute Gasteiger partial charge is 0.493 e. The summed E-state index contributed by atoms with van der Waals surface area (Å²) < 4.78 is 20.0. The fraction of sp³-hybridized carbons (Fsp3) is 0.391. The number of likely N-dealkylation sites (tertiary alicyclic amines) is 1. The van der Waals surface area contributed by atoms with Crippen molar-refractivity contribution >= 4 is 28.1 Å². The predicted molar refractivity (Wildman–Crippen MR) is 119 cm³/mol. The SMILES string of the molecule is CN1CCCC1COc1nc(O)c2c(n1)CN(c1cccc3ccc(F)c(Cl)c13)CC2. The molecule has 2 aliphatic rings. The highest BCUT2D eigenvalue weighted by Gasteiger charge is 2.26. The maximum absolute atomic E-state index is 14.2. The summed E-state index contributed by atoms with van der Waals surface area (Å²) in [6, 6.07) is 9.45. The average molecular weight is 443 g/mol. The fourth-order valence-corrected chi connectivity index (χ4v) is 4.84. The topological polar surface area (TPSA) is 61.7 Å². The van der Waals surface area contributed by atoms with Crippen LogP contribution < -0.4 is 9.64 Å². The van der Waals surface area contributed by atoms with Gasteiger partial charge in [0.2, 0.25) is 5.88 Å². The van der Waals surface area contributed by atoms with Crippen molar-refractivity contribution < 1.29 is 14.2 Å². The lowest BCUT2D eigenvalue weighted by atomic mass is 10.0. The molecule has 8 heteroatoms. The zero-order valence-corrected chi connectivity index (χ0v) is 18.1. The van der Waals surface area contributed by atoms with Crippen LogP contribution in [0.2, 0.25) is 5.02 Å². The maximum atomic E-state index is 14.2. The molecule has 3 heterocycles. The second-order valence-corrected chi connectivity index (χ2v) is 8.63. The molecule has 2 aromatic carbocycles. The molecule has 6 nitrogen and oxygen atoms in total. The standard InChI is InChI=1S/C23H24ClFN4O2/c1-28-10-3-5-15(28)13-31-23-26-18-12-29(11-9-16(18)22(30)27-23)19-6-2-4-14-7-8-17(25)21(24)20(14)19/h2,4,6-8,15H,3,5,9-13H2,1H3,(H,26,27,30). The van der Waals surface area contributed by atoms with E-state index < -0.39 is 5.82 Å². The molecule has 1 aromatic heterocycles. The van der Waals surface area contributed by atoms with Crippen LogP contribution in [0.5, 0.6) is 11.9 Å². The number of ether oxygens (including phenoxy) is 1. The first-order valence-corrected chi connectivity index (χ1v) is 10.9. The van der Waals surface area contributed by atoms with Gasteiger partial charge in [0.05, 0.1) is 17.3 Å². The zero-order chi connectivity index (χ0) is 21.5. The first-order chi connectivity index (χ1) is 15.0. The Bertz CT molecular complexity index is 1140. The first-order valence-electron chi connectivity index (χ1n) is 10.5. The van der Waals surface area contributed by atoms with E-state index in [9.17, 15) is 9.50 Å². The Morgan fingerprint density at radius 2 is 2.10 bits per heavy atom. The van der Waals surface area contributed by atoms with Gasteiger partial charge in [0.15, 0.2) is 0 Å². The molecule has 1 atom stereocenters. The Morgan fingerprint density at radius 1 is 1.23 bits per heavy atom. The molecule has 162 valence electrons. The minimum absolute atomic E-state index is 0.0265. The summed E-state index contributed by atoms with van der Waals surface area (Å²) in [4.78, 5) is 13.1. The molecule has 2 aliphatic heterocycles. The first kappa shape index (κ1) is 20.3. The number of hydrogen-bond acceptors (Lipinski definition) is 6. The Morgan fingerprint density at radius 3 is 2.90 bits per heavy atom. The van der Waals surface area contributed by atoms with Gasteiger partial charge in [-0.15, -0.1) is 0 Å². The molecule has 31 heavy (non-hydrogen) atoms. The van der Waals surface area contributed by atoms with E-state index in [0.29, 0.717) is 37.5 Å². The van der Waals surface area contributed by atoms with Crippen LogP contribution in [0, 0.1) is 5.82 Å². The smallest absolute Gasteiger partial charge is 0.320 e. The molecule has 0 aliphatic carbocycles. The summed E-state index contributed by atoms with van der Waals surface area (Å²) in [6.07, 6.45) is 2.82. The highest BCUT2D eigenvalue weighted by molar-refractivity contribution is 6.36. The van der Waals surface area contributed by atoms with Gasteiger partial charge in [-0.3, -0.25) is 0 Å². The molecule has 1 N–H and O–H groups in total.